The molecule has 6 aromatic rings. The first kappa shape index (κ1) is 32.8. The lowest BCUT2D eigenvalue weighted by Crippen LogP contribution is -2.10. The highest BCUT2D eigenvalue weighted by Gasteiger charge is 2.16. The molecule has 0 aliphatic rings. The number of nitrogens with one attached hydrogen (secondary N) is 1. The van der Waals surface area contributed by atoms with Crippen molar-refractivity contribution in [2.45, 2.75) is 0 Å². The second kappa shape index (κ2) is 17.3. The second-order valence-electron chi connectivity index (χ2n) is 8.97. The Hall–Kier alpha value is -3.06. The molecule has 0 heterocycles. The molecule has 0 unspecified atom stereocenters. The maximum absolute atomic E-state index is 6.50. The zero-order valence-corrected chi connectivity index (χ0v) is 29.1. The third-order valence-electron chi connectivity index (χ3n) is 5.94. The summed E-state index contributed by atoms with van der Waals surface area (Å²) in [5, 5.41) is 4.72. The summed E-state index contributed by atoms with van der Waals surface area (Å²) in [5.74, 6) is 0. The number of anilines is 5. The summed E-state index contributed by atoms with van der Waals surface area (Å²) >= 11 is 22.4. The minimum Gasteiger partial charge on any atom is -0.356 e. The van der Waals surface area contributed by atoms with Gasteiger partial charge in [0.15, 0.2) is 0 Å². The first-order valence-corrected chi connectivity index (χ1v) is 16.4. The lowest BCUT2D eigenvalue weighted by atomic mass is 10.2. The summed E-state index contributed by atoms with van der Waals surface area (Å²) in [6.07, 6.45) is 0. The van der Waals surface area contributed by atoms with Crippen molar-refractivity contribution < 1.29 is 0 Å². The first-order chi connectivity index (χ1) is 20.9. The van der Waals surface area contributed by atoms with E-state index in [0.717, 1.165) is 46.9 Å². The summed E-state index contributed by atoms with van der Waals surface area (Å²) < 4.78 is 2.72. The van der Waals surface area contributed by atoms with E-state index < -0.39 is 0 Å². The van der Waals surface area contributed by atoms with E-state index in [-0.39, 0.29) is 0 Å². The molecule has 6 rings (SSSR count). The number of hydrogen-bond donors (Lipinski definition) is 1. The van der Waals surface area contributed by atoms with E-state index in [2.05, 4.69) is 82.3 Å². The van der Waals surface area contributed by atoms with Crippen LogP contribution in [0.3, 0.4) is 0 Å². The fourth-order valence-corrected chi connectivity index (χ4v) is 5.62. The van der Waals surface area contributed by atoms with E-state index in [0.29, 0.717) is 5.02 Å². The molecule has 0 bridgehead atoms. The molecule has 0 atom stereocenters. The predicted molar refractivity (Wildman–Crippen MR) is 197 cm³/mol. The largest absolute Gasteiger partial charge is 0.356 e. The molecule has 43 heavy (non-hydrogen) atoms. The van der Waals surface area contributed by atoms with E-state index in [4.69, 9.17) is 23.2 Å². The number of rotatable bonds is 5. The molecule has 0 fully saturated rings. The number of halogens is 5. The van der Waals surface area contributed by atoms with Gasteiger partial charge < -0.3 is 10.2 Å². The Morgan fingerprint density at radius 1 is 0.395 bits per heavy atom. The monoisotopic (exact) mass is 794 g/mol. The highest BCUT2D eigenvalue weighted by Crippen LogP contribution is 2.41. The van der Waals surface area contributed by atoms with E-state index >= 15 is 0 Å². The highest BCUT2D eigenvalue weighted by atomic mass is 79.9. The van der Waals surface area contributed by atoms with Crippen LogP contribution in [-0.4, -0.2) is 0 Å². The van der Waals surface area contributed by atoms with E-state index in [1.54, 1.807) is 0 Å². The Balaban J connectivity index is 0.000000163. The SMILES string of the molecule is Clc1c(Br)cccc1Br.Clc1c(Br)cccc1N(c1ccccc1)c1ccccc1.c1ccc(Nc2ccccc2)cc1. The van der Waals surface area contributed by atoms with Crippen molar-refractivity contribution in [2.75, 3.05) is 10.2 Å². The van der Waals surface area contributed by atoms with Gasteiger partial charge in [-0.15, -0.1) is 0 Å². The van der Waals surface area contributed by atoms with Gasteiger partial charge in [-0.25, -0.2) is 0 Å². The predicted octanol–water partition coefficient (Wildman–Crippen LogP) is 13.9. The third kappa shape index (κ3) is 9.99. The molecule has 0 aliphatic heterocycles. The first-order valence-electron chi connectivity index (χ1n) is 13.2. The summed E-state index contributed by atoms with van der Waals surface area (Å²) in [5.41, 5.74) is 5.33. The topological polar surface area (TPSA) is 15.3 Å². The van der Waals surface area contributed by atoms with Crippen molar-refractivity contribution >= 4 is 99.4 Å². The number of hydrogen-bond acceptors (Lipinski definition) is 2. The Bertz CT molecular complexity index is 1590. The van der Waals surface area contributed by atoms with Crippen molar-refractivity contribution in [1.29, 1.82) is 0 Å². The van der Waals surface area contributed by atoms with Gasteiger partial charge in [-0.2, -0.15) is 0 Å². The molecular weight excluding hydrogens is 771 g/mol. The minimum atomic E-state index is 0.699. The van der Waals surface area contributed by atoms with Gasteiger partial charge in [-0.05, 0) is 121 Å². The standard InChI is InChI=1S/C18H13BrClN.C12H11N.C6H3Br2Cl/c19-16-12-7-13-17(18(16)20)21(14-8-3-1-4-9-14)15-10-5-2-6-11-15;1-3-7-11(8-4-1)13-12-9-5-2-6-10-12;7-4-2-1-3-5(8)6(4)9/h1-13H;1-10,13H;1-3H. The van der Waals surface area contributed by atoms with Gasteiger partial charge in [0.25, 0.3) is 0 Å². The Labute approximate surface area is 288 Å². The van der Waals surface area contributed by atoms with Crippen molar-refractivity contribution in [3.05, 3.63) is 181 Å². The Morgan fingerprint density at radius 2 is 0.744 bits per heavy atom. The lowest BCUT2D eigenvalue weighted by Gasteiger charge is -2.26. The molecule has 0 saturated heterocycles. The number of nitrogens with zero attached hydrogens (tertiary/aromatic N) is 1. The highest BCUT2D eigenvalue weighted by molar-refractivity contribution is 9.11. The molecular formula is C36H27Br3Cl2N2. The van der Waals surface area contributed by atoms with Gasteiger partial charge in [0, 0.05) is 36.2 Å². The molecule has 1 N–H and O–H groups in total. The quantitative estimate of drug-likeness (QED) is 0.175. The molecule has 0 spiro atoms. The van der Waals surface area contributed by atoms with Crippen LogP contribution in [0.2, 0.25) is 10.0 Å². The van der Waals surface area contributed by atoms with Crippen LogP contribution in [0, 0.1) is 0 Å². The summed E-state index contributed by atoms with van der Waals surface area (Å²) in [7, 11) is 0. The summed E-state index contributed by atoms with van der Waals surface area (Å²) in [6, 6.07) is 52.4. The Morgan fingerprint density at radius 3 is 1.14 bits per heavy atom. The molecule has 0 aromatic heterocycles. The minimum absolute atomic E-state index is 0.699. The molecule has 0 saturated carbocycles. The van der Waals surface area contributed by atoms with Crippen LogP contribution >= 0.6 is 71.0 Å². The van der Waals surface area contributed by atoms with Crippen molar-refractivity contribution in [2.24, 2.45) is 0 Å². The van der Waals surface area contributed by atoms with Crippen molar-refractivity contribution in [3.63, 3.8) is 0 Å². The molecule has 2 nitrogen and oxygen atoms in total. The van der Waals surface area contributed by atoms with Crippen molar-refractivity contribution in [3.8, 4) is 0 Å². The normalized spacial score (nSPS) is 9.98. The van der Waals surface area contributed by atoms with Crippen LogP contribution in [-0.2, 0) is 0 Å². The van der Waals surface area contributed by atoms with Crippen LogP contribution in [0.25, 0.3) is 0 Å². The smallest absolute Gasteiger partial charge is 0.0788 e. The third-order valence-corrected chi connectivity index (χ3v) is 9.41. The van der Waals surface area contributed by atoms with Crippen LogP contribution in [0.5, 0.6) is 0 Å². The molecule has 216 valence electrons. The van der Waals surface area contributed by atoms with Gasteiger partial charge in [0.1, 0.15) is 0 Å². The Kier molecular flexibility index (Phi) is 13.2. The van der Waals surface area contributed by atoms with Gasteiger partial charge >= 0.3 is 0 Å². The zero-order valence-electron chi connectivity index (χ0n) is 22.8. The van der Waals surface area contributed by atoms with Gasteiger partial charge in [-0.1, -0.05) is 108 Å². The summed E-state index contributed by atoms with van der Waals surface area (Å²) in [4.78, 5) is 2.15. The molecule has 0 radical (unpaired) electrons. The van der Waals surface area contributed by atoms with Crippen LogP contribution in [0.15, 0.2) is 171 Å². The maximum atomic E-state index is 6.50. The number of para-hydroxylation sites is 4. The number of benzene rings is 6. The fourth-order valence-electron chi connectivity index (χ4n) is 3.93. The maximum Gasteiger partial charge on any atom is 0.0788 e. The summed E-state index contributed by atoms with van der Waals surface area (Å²) in [6.45, 7) is 0. The zero-order chi connectivity index (χ0) is 30.4. The van der Waals surface area contributed by atoms with Crippen LogP contribution in [0.1, 0.15) is 0 Å². The second-order valence-corrected chi connectivity index (χ2v) is 12.3. The van der Waals surface area contributed by atoms with Crippen LogP contribution < -0.4 is 10.2 Å². The fraction of sp³-hybridized carbons (Fsp3) is 0. The van der Waals surface area contributed by atoms with E-state index in [1.807, 2.05) is 133 Å². The molecule has 0 amide bonds. The average Bonchev–Trinajstić information content (AvgIpc) is 3.05. The molecule has 7 heteroatoms. The van der Waals surface area contributed by atoms with Crippen molar-refractivity contribution in [1.82, 2.24) is 0 Å². The van der Waals surface area contributed by atoms with Gasteiger partial charge in [0.2, 0.25) is 0 Å². The van der Waals surface area contributed by atoms with Crippen LogP contribution in [0.4, 0.5) is 28.4 Å². The average molecular weight is 798 g/mol. The molecule has 6 aromatic carbocycles. The van der Waals surface area contributed by atoms with E-state index in [9.17, 15) is 0 Å². The molecule has 0 aliphatic carbocycles. The lowest BCUT2D eigenvalue weighted by molar-refractivity contribution is 1.28. The van der Waals surface area contributed by atoms with E-state index in [1.165, 1.54) is 0 Å². The van der Waals surface area contributed by atoms with Gasteiger partial charge in [-0.3, -0.25) is 0 Å². The van der Waals surface area contributed by atoms with Gasteiger partial charge in [0.05, 0.1) is 15.7 Å².